The minimum absolute atomic E-state index is 0.237. The van der Waals surface area contributed by atoms with E-state index in [1.54, 1.807) is 0 Å². The molecule has 6 heteroatoms. The van der Waals surface area contributed by atoms with Crippen LogP contribution in [0.5, 0.6) is 0 Å². The Morgan fingerprint density at radius 1 is 1.32 bits per heavy atom. The Balaban J connectivity index is 2.25. The number of nitrogens with zero attached hydrogens (tertiary/aromatic N) is 4. The van der Waals surface area contributed by atoms with Crippen LogP contribution in [0.25, 0.3) is 22.7 Å². The number of aromatic amines is 1. The molecule has 2 heterocycles. The summed E-state index contributed by atoms with van der Waals surface area (Å²) in [5, 5.41) is 6.70. The molecule has 0 fully saturated rings. The third kappa shape index (κ3) is 1.95. The number of aromatic nitrogens is 5. The fourth-order valence-corrected chi connectivity index (χ4v) is 2.25. The van der Waals surface area contributed by atoms with Gasteiger partial charge in [0.15, 0.2) is 11.6 Å². The molecule has 0 radical (unpaired) electrons. The van der Waals surface area contributed by atoms with Gasteiger partial charge in [-0.3, -0.25) is 5.10 Å². The van der Waals surface area contributed by atoms with Gasteiger partial charge in [-0.1, -0.05) is 13.0 Å². The van der Waals surface area contributed by atoms with E-state index in [1.165, 1.54) is 5.56 Å². The minimum atomic E-state index is 0.237. The number of H-pyrrole nitrogens is 1. The zero-order valence-electron chi connectivity index (χ0n) is 11.0. The predicted octanol–water partition coefficient (Wildman–Crippen LogP) is 2.12. The maximum Gasteiger partial charge on any atom is 0.239 e. The molecule has 0 spiro atoms. The molecule has 2 aromatic heterocycles. The first-order chi connectivity index (χ1) is 9.19. The number of imidazole rings is 1. The van der Waals surface area contributed by atoms with Crippen LogP contribution < -0.4 is 5.73 Å². The molecule has 0 aliphatic heterocycles. The van der Waals surface area contributed by atoms with Gasteiger partial charge in [-0.05, 0) is 31.0 Å². The second kappa shape index (κ2) is 4.38. The summed E-state index contributed by atoms with van der Waals surface area (Å²) in [4.78, 5) is 8.82. The van der Waals surface area contributed by atoms with E-state index in [4.69, 9.17) is 5.73 Å². The topological polar surface area (TPSA) is 85.4 Å². The van der Waals surface area contributed by atoms with E-state index in [-0.39, 0.29) is 5.95 Å². The van der Waals surface area contributed by atoms with Gasteiger partial charge in [-0.15, -0.1) is 5.10 Å². The predicted molar refractivity (Wildman–Crippen MR) is 74.6 cm³/mol. The molecule has 98 valence electrons. The Hall–Kier alpha value is -2.37. The highest BCUT2D eigenvalue weighted by atomic mass is 15.3. The number of fused-ring (bicyclic) bond motifs is 1. The van der Waals surface area contributed by atoms with E-state index >= 15 is 0 Å². The maximum atomic E-state index is 5.57. The van der Waals surface area contributed by atoms with Crippen molar-refractivity contribution in [2.45, 2.75) is 26.8 Å². The van der Waals surface area contributed by atoms with Crippen molar-refractivity contribution in [3.8, 4) is 11.6 Å². The molecule has 19 heavy (non-hydrogen) atoms. The number of anilines is 1. The summed E-state index contributed by atoms with van der Waals surface area (Å²) >= 11 is 0. The molecule has 0 unspecified atom stereocenters. The molecule has 3 rings (SSSR count). The largest absolute Gasteiger partial charge is 0.366 e. The molecule has 0 bridgehead atoms. The van der Waals surface area contributed by atoms with Crippen LogP contribution in [-0.2, 0) is 6.54 Å². The van der Waals surface area contributed by atoms with E-state index in [0.29, 0.717) is 5.82 Å². The van der Waals surface area contributed by atoms with Crippen molar-refractivity contribution in [2.75, 3.05) is 5.73 Å². The number of nitrogen functional groups attached to an aromatic ring is 1. The van der Waals surface area contributed by atoms with E-state index in [2.05, 4.69) is 56.8 Å². The summed E-state index contributed by atoms with van der Waals surface area (Å²) in [7, 11) is 0. The fourth-order valence-electron chi connectivity index (χ4n) is 2.25. The molecule has 0 atom stereocenters. The van der Waals surface area contributed by atoms with Gasteiger partial charge in [-0.25, -0.2) is 4.98 Å². The third-order valence-electron chi connectivity index (χ3n) is 3.07. The first-order valence-corrected chi connectivity index (χ1v) is 6.34. The number of hydrogen-bond donors (Lipinski definition) is 2. The summed E-state index contributed by atoms with van der Waals surface area (Å²) in [6, 6.07) is 6.26. The summed E-state index contributed by atoms with van der Waals surface area (Å²) in [6.07, 6.45) is 1.02. The first kappa shape index (κ1) is 11.7. The van der Waals surface area contributed by atoms with Gasteiger partial charge >= 0.3 is 0 Å². The highest BCUT2D eigenvalue weighted by Crippen LogP contribution is 2.23. The summed E-state index contributed by atoms with van der Waals surface area (Å²) in [5.74, 6) is 1.63. The Labute approximate surface area is 110 Å². The highest BCUT2D eigenvalue weighted by molar-refractivity contribution is 5.80. The quantitative estimate of drug-likeness (QED) is 0.751. The van der Waals surface area contributed by atoms with E-state index in [1.807, 2.05) is 0 Å². The van der Waals surface area contributed by atoms with Crippen molar-refractivity contribution < 1.29 is 0 Å². The Bertz CT molecular complexity index is 724. The number of benzene rings is 1. The highest BCUT2D eigenvalue weighted by Gasteiger charge is 2.15. The van der Waals surface area contributed by atoms with Crippen molar-refractivity contribution in [2.24, 2.45) is 0 Å². The van der Waals surface area contributed by atoms with E-state index in [0.717, 1.165) is 29.8 Å². The van der Waals surface area contributed by atoms with Crippen LogP contribution in [-0.4, -0.2) is 24.7 Å². The average molecular weight is 256 g/mol. The third-order valence-corrected chi connectivity index (χ3v) is 3.07. The van der Waals surface area contributed by atoms with Crippen LogP contribution in [0.4, 0.5) is 5.95 Å². The monoisotopic (exact) mass is 256 g/mol. The second-order valence-electron chi connectivity index (χ2n) is 4.62. The van der Waals surface area contributed by atoms with Gasteiger partial charge in [0, 0.05) is 6.54 Å². The number of hydrogen-bond acceptors (Lipinski definition) is 4. The lowest BCUT2D eigenvalue weighted by atomic mass is 10.2. The molecular formula is C13H16N6. The number of nitrogens with one attached hydrogen (secondary N) is 1. The Morgan fingerprint density at radius 3 is 2.84 bits per heavy atom. The summed E-state index contributed by atoms with van der Waals surface area (Å²) in [6.45, 7) is 5.08. The van der Waals surface area contributed by atoms with Gasteiger partial charge in [0.1, 0.15) is 0 Å². The molecule has 0 saturated carbocycles. The molecule has 0 aliphatic carbocycles. The van der Waals surface area contributed by atoms with Crippen LogP contribution in [0.3, 0.4) is 0 Å². The summed E-state index contributed by atoms with van der Waals surface area (Å²) in [5.41, 5.74) is 8.84. The van der Waals surface area contributed by atoms with Crippen molar-refractivity contribution in [3.05, 3.63) is 23.8 Å². The van der Waals surface area contributed by atoms with Crippen LogP contribution in [0, 0.1) is 6.92 Å². The molecule has 6 nitrogen and oxygen atoms in total. The number of rotatable bonds is 3. The fraction of sp³-hybridized carbons (Fsp3) is 0.308. The molecule has 3 aromatic rings. The second-order valence-corrected chi connectivity index (χ2v) is 4.62. The van der Waals surface area contributed by atoms with E-state index in [9.17, 15) is 0 Å². The minimum Gasteiger partial charge on any atom is -0.366 e. The van der Waals surface area contributed by atoms with Crippen molar-refractivity contribution in [1.82, 2.24) is 24.7 Å². The number of aryl methyl sites for hydroxylation is 2. The van der Waals surface area contributed by atoms with Crippen molar-refractivity contribution in [1.29, 1.82) is 0 Å². The lowest BCUT2D eigenvalue weighted by Gasteiger charge is -2.05. The lowest BCUT2D eigenvalue weighted by Crippen LogP contribution is -2.00. The van der Waals surface area contributed by atoms with Crippen LogP contribution in [0.2, 0.25) is 0 Å². The van der Waals surface area contributed by atoms with Crippen LogP contribution >= 0.6 is 0 Å². The Kier molecular flexibility index (Phi) is 2.70. The smallest absolute Gasteiger partial charge is 0.239 e. The average Bonchev–Trinajstić information content (AvgIpc) is 2.94. The van der Waals surface area contributed by atoms with Gasteiger partial charge in [0.25, 0.3) is 0 Å². The molecule has 1 aromatic carbocycles. The summed E-state index contributed by atoms with van der Waals surface area (Å²) < 4.78 is 2.15. The van der Waals surface area contributed by atoms with Gasteiger partial charge < -0.3 is 10.3 Å². The number of nitrogens with two attached hydrogens (primary N) is 1. The van der Waals surface area contributed by atoms with Gasteiger partial charge in [-0.2, -0.15) is 4.98 Å². The standard InChI is InChI=1S/C13H16N6/c1-3-6-19-10-5-4-8(2)7-9(10)15-12(19)11-16-13(14)18-17-11/h4-5,7H,3,6H2,1-2H3,(H3,14,16,17,18). The zero-order valence-corrected chi connectivity index (χ0v) is 11.0. The molecular weight excluding hydrogens is 240 g/mol. The Morgan fingerprint density at radius 2 is 2.16 bits per heavy atom. The van der Waals surface area contributed by atoms with Gasteiger partial charge in [0.2, 0.25) is 5.95 Å². The SMILES string of the molecule is CCCn1c(-c2nc(N)n[nH]2)nc2cc(C)ccc21. The van der Waals surface area contributed by atoms with Crippen LogP contribution in [0.15, 0.2) is 18.2 Å². The zero-order chi connectivity index (χ0) is 13.4. The molecule has 0 aliphatic rings. The van der Waals surface area contributed by atoms with Crippen molar-refractivity contribution in [3.63, 3.8) is 0 Å². The normalized spacial score (nSPS) is 11.3. The first-order valence-electron chi connectivity index (χ1n) is 6.34. The molecule has 0 saturated heterocycles. The lowest BCUT2D eigenvalue weighted by molar-refractivity contribution is 0.700. The molecule has 3 N–H and O–H groups in total. The maximum absolute atomic E-state index is 5.57. The molecule has 0 amide bonds. The van der Waals surface area contributed by atoms with E-state index < -0.39 is 0 Å². The van der Waals surface area contributed by atoms with Gasteiger partial charge in [0.05, 0.1) is 11.0 Å². The van der Waals surface area contributed by atoms with Crippen molar-refractivity contribution >= 4 is 17.0 Å². The van der Waals surface area contributed by atoms with Crippen LogP contribution in [0.1, 0.15) is 18.9 Å².